The lowest BCUT2D eigenvalue weighted by Crippen LogP contribution is -2.44. The Labute approximate surface area is 135 Å². The van der Waals surface area contributed by atoms with Gasteiger partial charge in [0.2, 0.25) is 5.88 Å². The molecular formula is C17H20N4O2. The standard InChI is InChI=1S/C17H20N4O2/c1-17(2,10-4-5-13(23-3)18-8-10)19-16(22)15-12-7-9-6-11(9)14(12)20-21-15/h4-5,7-8,11,14,20-21H,6H2,1-3H3,(H,19,22). The molecule has 1 aliphatic heterocycles. The lowest BCUT2D eigenvalue weighted by molar-refractivity contribution is -0.119. The van der Waals surface area contributed by atoms with Crippen molar-refractivity contribution in [2.24, 2.45) is 5.92 Å². The molecule has 3 aliphatic rings. The smallest absolute Gasteiger partial charge is 0.269 e. The Balaban J connectivity index is 1.53. The first-order chi connectivity index (χ1) is 11.0. The van der Waals surface area contributed by atoms with Crippen molar-refractivity contribution < 1.29 is 9.53 Å². The second-order valence-electron chi connectivity index (χ2n) is 6.78. The topological polar surface area (TPSA) is 75.3 Å². The zero-order valence-electron chi connectivity index (χ0n) is 13.4. The monoisotopic (exact) mass is 312 g/mol. The minimum absolute atomic E-state index is 0.103. The van der Waals surface area contributed by atoms with Gasteiger partial charge in [-0.3, -0.25) is 4.79 Å². The number of ether oxygens (including phenoxy) is 1. The third-order valence-electron chi connectivity index (χ3n) is 4.81. The van der Waals surface area contributed by atoms with Crippen LogP contribution in [0.4, 0.5) is 0 Å². The van der Waals surface area contributed by atoms with Crippen LogP contribution in [0.2, 0.25) is 0 Å². The molecule has 0 radical (unpaired) electrons. The largest absolute Gasteiger partial charge is 0.481 e. The number of aromatic nitrogens is 1. The van der Waals surface area contributed by atoms with E-state index in [-0.39, 0.29) is 11.9 Å². The number of carbonyl (C=O) groups is 1. The molecule has 2 atom stereocenters. The fourth-order valence-corrected chi connectivity index (χ4v) is 3.30. The number of hydrogen-bond donors (Lipinski definition) is 3. The summed E-state index contributed by atoms with van der Waals surface area (Å²) in [6, 6.07) is 3.97. The molecule has 2 aliphatic carbocycles. The predicted octanol–water partition coefficient (Wildman–Crippen LogP) is 1.13. The lowest BCUT2D eigenvalue weighted by Gasteiger charge is -2.27. The highest BCUT2D eigenvalue weighted by Gasteiger charge is 2.48. The summed E-state index contributed by atoms with van der Waals surface area (Å²) in [6.45, 7) is 3.92. The fourth-order valence-electron chi connectivity index (χ4n) is 3.30. The van der Waals surface area contributed by atoms with Crippen LogP contribution in [0.15, 0.2) is 41.2 Å². The Hall–Kier alpha value is -2.34. The van der Waals surface area contributed by atoms with Crippen LogP contribution in [0.1, 0.15) is 25.8 Å². The summed E-state index contributed by atoms with van der Waals surface area (Å²) >= 11 is 0. The van der Waals surface area contributed by atoms with E-state index in [4.69, 9.17) is 4.74 Å². The SMILES string of the molecule is COc1ccc(C(C)(C)NC(=O)C2=C3C=C4CC4C3NN2)cn1. The van der Waals surface area contributed by atoms with Crippen LogP contribution in [0.3, 0.4) is 0 Å². The Bertz CT molecular complexity index is 733. The van der Waals surface area contributed by atoms with Crippen molar-refractivity contribution in [1.29, 1.82) is 0 Å². The van der Waals surface area contributed by atoms with Gasteiger partial charge < -0.3 is 15.5 Å². The van der Waals surface area contributed by atoms with E-state index in [1.165, 1.54) is 5.57 Å². The van der Waals surface area contributed by atoms with E-state index < -0.39 is 5.54 Å². The number of nitrogens with zero attached hydrogens (tertiary/aromatic N) is 1. The predicted molar refractivity (Wildman–Crippen MR) is 85.2 cm³/mol. The maximum absolute atomic E-state index is 12.7. The lowest BCUT2D eigenvalue weighted by atomic mass is 9.95. The van der Waals surface area contributed by atoms with E-state index in [2.05, 4.69) is 27.2 Å². The van der Waals surface area contributed by atoms with Gasteiger partial charge in [0, 0.05) is 23.8 Å². The molecule has 4 rings (SSSR count). The highest BCUT2D eigenvalue weighted by Crippen LogP contribution is 2.50. The molecule has 1 aromatic heterocycles. The van der Waals surface area contributed by atoms with Gasteiger partial charge in [0.05, 0.1) is 18.7 Å². The van der Waals surface area contributed by atoms with Crippen LogP contribution >= 0.6 is 0 Å². The molecule has 2 unspecified atom stereocenters. The number of rotatable bonds is 4. The summed E-state index contributed by atoms with van der Waals surface area (Å²) in [5.74, 6) is 1.04. The molecule has 3 N–H and O–H groups in total. The molecule has 0 saturated heterocycles. The van der Waals surface area contributed by atoms with Crippen molar-refractivity contribution in [1.82, 2.24) is 21.2 Å². The van der Waals surface area contributed by atoms with Crippen molar-refractivity contribution in [2.75, 3.05) is 7.11 Å². The normalized spacial score (nSPS) is 24.6. The van der Waals surface area contributed by atoms with Gasteiger partial charge in [-0.15, -0.1) is 0 Å². The van der Waals surface area contributed by atoms with E-state index in [1.807, 2.05) is 19.9 Å². The zero-order chi connectivity index (χ0) is 16.2. The molecule has 6 nitrogen and oxygen atoms in total. The van der Waals surface area contributed by atoms with Gasteiger partial charge in [0.1, 0.15) is 5.70 Å². The third-order valence-corrected chi connectivity index (χ3v) is 4.81. The molecule has 0 spiro atoms. The van der Waals surface area contributed by atoms with Gasteiger partial charge >= 0.3 is 0 Å². The maximum atomic E-state index is 12.7. The first-order valence-corrected chi connectivity index (χ1v) is 7.79. The maximum Gasteiger partial charge on any atom is 0.269 e. The van der Waals surface area contributed by atoms with Gasteiger partial charge in [-0.25, -0.2) is 10.4 Å². The molecule has 0 aromatic carbocycles. The van der Waals surface area contributed by atoms with Crippen LogP contribution in [0.25, 0.3) is 0 Å². The van der Waals surface area contributed by atoms with Gasteiger partial charge in [-0.2, -0.15) is 0 Å². The number of hydrazine groups is 1. The quantitative estimate of drug-likeness (QED) is 0.777. The van der Waals surface area contributed by atoms with Crippen LogP contribution in [-0.2, 0) is 10.3 Å². The molecule has 2 heterocycles. The molecule has 6 heteroatoms. The molecule has 1 fully saturated rings. The van der Waals surface area contributed by atoms with Crippen molar-refractivity contribution in [3.8, 4) is 5.88 Å². The molecule has 1 saturated carbocycles. The van der Waals surface area contributed by atoms with E-state index in [9.17, 15) is 4.79 Å². The minimum Gasteiger partial charge on any atom is -0.481 e. The summed E-state index contributed by atoms with van der Waals surface area (Å²) in [4.78, 5) is 16.9. The molecular weight excluding hydrogens is 292 g/mol. The minimum atomic E-state index is -0.529. The van der Waals surface area contributed by atoms with Crippen molar-refractivity contribution in [3.05, 3.63) is 46.8 Å². The van der Waals surface area contributed by atoms with E-state index in [0.717, 1.165) is 17.6 Å². The van der Waals surface area contributed by atoms with Crippen molar-refractivity contribution in [3.63, 3.8) is 0 Å². The second kappa shape index (κ2) is 4.83. The first kappa shape index (κ1) is 14.3. The average molecular weight is 312 g/mol. The molecule has 23 heavy (non-hydrogen) atoms. The van der Waals surface area contributed by atoms with E-state index in [0.29, 0.717) is 17.5 Å². The Kier molecular flexibility index (Phi) is 2.99. The van der Waals surface area contributed by atoms with Gasteiger partial charge in [-0.1, -0.05) is 11.6 Å². The van der Waals surface area contributed by atoms with E-state index >= 15 is 0 Å². The summed E-state index contributed by atoms with van der Waals surface area (Å²) in [5.41, 5.74) is 9.81. The number of fused-ring (bicyclic) bond motifs is 3. The van der Waals surface area contributed by atoms with Crippen LogP contribution in [-0.4, -0.2) is 24.0 Å². The zero-order valence-corrected chi connectivity index (χ0v) is 13.4. The summed E-state index contributed by atoms with van der Waals surface area (Å²) in [5, 5.41) is 3.08. The third kappa shape index (κ3) is 2.30. The second-order valence-corrected chi connectivity index (χ2v) is 6.78. The first-order valence-electron chi connectivity index (χ1n) is 7.79. The van der Waals surface area contributed by atoms with Crippen LogP contribution in [0, 0.1) is 5.92 Å². The van der Waals surface area contributed by atoms with Crippen molar-refractivity contribution in [2.45, 2.75) is 31.8 Å². The number of methoxy groups -OCH3 is 1. The van der Waals surface area contributed by atoms with Gasteiger partial charge in [-0.05, 0) is 31.9 Å². The molecule has 0 bridgehead atoms. The number of carbonyl (C=O) groups excluding carboxylic acids is 1. The van der Waals surface area contributed by atoms with Crippen LogP contribution < -0.4 is 20.9 Å². The fraction of sp³-hybridized carbons (Fsp3) is 0.412. The summed E-state index contributed by atoms with van der Waals surface area (Å²) in [6.07, 6.45) is 5.03. The van der Waals surface area contributed by atoms with Crippen LogP contribution in [0.5, 0.6) is 5.88 Å². The number of pyridine rings is 1. The van der Waals surface area contributed by atoms with Gasteiger partial charge in [0.25, 0.3) is 5.91 Å². The molecule has 120 valence electrons. The van der Waals surface area contributed by atoms with E-state index in [1.54, 1.807) is 19.4 Å². The highest BCUT2D eigenvalue weighted by molar-refractivity contribution is 5.95. The molecule has 1 aromatic rings. The highest BCUT2D eigenvalue weighted by atomic mass is 16.5. The van der Waals surface area contributed by atoms with Gasteiger partial charge in [0.15, 0.2) is 0 Å². The Morgan fingerprint density at radius 1 is 1.43 bits per heavy atom. The number of amides is 1. The number of hydrogen-bond acceptors (Lipinski definition) is 5. The Morgan fingerprint density at radius 2 is 2.26 bits per heavy atom. The number of nitrogens with one attached hydrogen (secondary N) is 3. The summed E-state index contributed by atoms with van der Waals surface area (Å²) < 4.78 is 5.08. The van der Waals surface area contributed by atoms with Crippen molar-refractivity contribution >= 4 is 5.91 Å². The summed E-state index contributed by atoms with van der Waals surface area (Å²) in [7, 11) is 1.58. The Morgan fingerprint density at radius 3 is 2.96 bits per heavy atom. The average Bonchev–Trinajstić information content (AvgIpc) is 3.01. The molecule has 1 amide bonds.